The van der Waals surface area contributed by atoms with Crippen molar-refractivity contribution in [3.05, 3.63) is 99.6 Å². The molecule has 1 saturated heterocycles. The second-order valence-electron chi connectivity index (χ2n) is 13.4. The van der Waals surface area contributed by atoms with Gasteiger partial charge in [0.05, 0.1) is 11.1 Å². The van der Waals surface area contributed by atoms with Gasteiger partial charge in [-0.1, -0.05) is 54.1 Å². The zero-order valence-electron chi connectivity index (χ0n) is 28.3. The Balaban J connectivity index is 1.21. The van der Waals surface area contributed by atoms with Crippen LogP contribution < -0.4 is 20.5 Å². The number of nitrogens with one attached hydrogen (secondary N) is 1. The van der Waals surface area contributed by atoms with Gasteiger partial charge in [0.25, 0.3) is 5.91 Å². The first-order valence-electron chi connectivity index (χ1n) is 17.2. The van der Waals surface area contributed by atoms with Crippen molar-refractivity contribution in [1.29, 1.82) is 0 Å². The summed E-state index contributed by atoms with van der Waals surface area (Å²) in [6.07, 6.45) is 3.44. The molecular formula is C39H45ClN4O5. The number of fused-ring (bicyclic) bond motifs is 2. The van der Waals surface area contributed by atoms with E-state index in [9.17, 15) is 14.4 Å². The molecule has 1 unspecified atom stereocenters. The number of halogens is 1. The van der Waals surface area contributed by atoms with E-state index >= 15 is 0 Å². The maximum absolute atomic E-state index is 14.6. The third kappa shape index (κ3) is 8.64. The minimum absolute atomic E-state index is 0.000742. The van der Waals surface area contributed by atoms with Gasteiger partial charge in [0.2, 0.25) is 11.8 Å². The molecule has 2 aliphatic heterocycles. The van der Waals surface area contributed by atoms with Gasteiger partial charge >= 0.3 is 0 Å². The molecule has 258 valence electrons. The van der Waals surface area contributed by atoms with Gasteiger partial charge in [-0.2, -0.15) is 0 Å². The van der Waals surface area contributed by atoms with Crippen molar-refractivity contribution in [1.82, 2.24) is 15.1 Å². The van der Waals surface area contributed by atoms with Crippen molar-refractivity contribution in [2.45, 2.75) is 77.0 Å². The largest absolute Gasteiger partial charge is 0.490 e. The fourth-order valence-electron chi connectivity index (χ4n) is 6.76. The number of piperazine rings is 1. The summed E-state index contributed by atoms with van der Waals surface area (Å²) < 4.78 is 11.9. The van der Waals surface area contributed by atoms with Gasteiger partial charge in [0.15, 0.2) is 0 Å². The summed E-state index contributed by atoms with van der Waals surface area (Å²) in [6.45, 7) is 6.21. The van der Waals surface area contributed by atoms with E-state index in [1.807, 2.05) is 78.2 Å². The van der Waals surface area contributed by atoms with E-state index in [-0.39, 0.29) is 42.8 Å². The van der Waals surface area contributed by atoms with Gasteiger partial charge in [-0.15, -0.1) is 0 Å². The number of hydrogen-bond acceptors (Lipinski definition) is 6. The first-order chi connectivity index (χ1) is 23.7. The Morgan fingerprint density at radius 1 is 0.939 bits per heavy atom. The Kier molecular flexibility index (Phi) is 10.9. The van der Waals surface area contributed by atoms with Crippen LogP contribution in [0.2, 0.25) is 5.02 Å². The standard InChI is InChI=1S/C39H45ClN4O5/c1-25-19-33(40)35(20-26(25)2)49-18-17-48-31-15-11-28(12-16-31)32-21-29-23-43(37(46)10-6-9-36(41)45)24-34(42-29)38(32)39(47)44(30-13-14-30)22-27-7-4-3-5-8-27/h3-5,7-8,11-12,15-16,19-20,29-30,34,42H,6,9-10,13-14,17-18,21-24H2,1-2H3,(H2,41,45)/t29?,34-/m1/s1. The molecule has 49 heavy (non-hydrogen) atoms. The van der Waals surface area contributed by atoms with Crippen molar-refractivity contribution < 1.29 is 23.9 Å². The minimum atomic E-state index is -0.406. The van der Waals surface area contributed by atoms with E-state index < -0.39 is 5.91 Å². The summed E-state index contributed by atoms with van der Waals surface area (Å²) in [7, 11) is 0. The van der Waals surface area contributed by atoms with Crippen LogP contribution in [0.1, 0.15) is 60.8 Å². The van der Waals surface area contributed by atoms with E-state index in [4.69, 9.17) is 26.8 Å². The second-order valence-corrected chi connectivity index (χ2v) is 13.8. The van der Waals surface area contributed by atoms with Gasteiger partial charge in [0.1, 0.15) is 24.7 Å². The fourth-order valence-corrected chi connectivity index (χ4v) is 7.03. The second kappa shape index (κ2) is 15.5. The van der Waals surface area contributed by atoms with Crippen molar-refractivity contribution in [2.75, 3.05) is 26.3 Å². The molecule has 2 heterocycles. The molecule has 0 spiro atoms. The topological polar surface area (TPSA) is 114 Å². The molecule has 2 atom stereocenters. The van der Waals surface area contributed by atoms with Crippen LogP contribution in [0.25, 0.3) is 5.57 Å². The van der Waals surface area contributed by atoms with Crippen LogP contribution in [0.3, 0.4) is 0 Å². The summed E-state index contributed by atoms with van der Waals surface area (Å²) in [4.78, 5) is 43.0. The molecule has 2 bridgehead atoms. The van der Waals surface area contributed by atoms with Crippen molar-refractivity contribution in [3.8, 4) is 11.5 Å². The lowest BCUT2D eigenvalue weighted by Gasteiger charge is -2.45. The molecular weight excluding hydrogens is 640 g/mol. The SMILES string of the molecule is Cc1cc(Cl)c(OCCOc2ccc(C3=C(C(=O)N(Cc4ccccc4)C4CC4)[C@H]4CN(C(=O)CCCC(N)=O)CC(C3)N4)cc2)cc1C. The van der Waals surface area contributed by atoms with E-state index in [0.29, 0.717) is 62.2 Å². The molecule has 3 aromatic rings. The van der Waals surface area contributed by atoms with Gasteiger partial charge in [0, 0.05) is 50.1 Å². The van der Waals surface area contributed by atoms with E-state index in [1.165, 1.54) is 0 Å². The van der Waals surface area contributed by atoms with Gasteiger partial charge in [-0.3, -0.25) is 14.4 Å². The lowest BCUT2D eigenvalue weighted by atomic mass is 9.82. The first-order valence-corrected chi connectivity index (χ1v) is 17.6. The van der Waals surface area contributed by atoms with Gasteiger partial charge < -0.3 is 30.3 Å². The molecule has 3 amide bonds. The number of nitrogens with zero attached hydrogens (tertiary/aromatic N) is 2. The smallest absolute Gasteiger partial charge is 0.252 e. The molecule has 0 radical (unpaired) electrons. The molecule has 3 aromatic carbocycles. The highest BCUT2D eigenvalue weighted by Crippen LogP contribution is 2.38. The fraction of sp³-hybridized carbons (Fsp3) is 0.410. The normalized spacial score (nSPS) is 18.6. The van der Waals surface area contributed by atoms with Crippen molar-refractivity contribution in [3.63, 3.8) is 0 Å². The highest BCUT2D eigenvalue weighted by Gasteiger charge is 2.43. The van der Waals surface area contributed by atoms with E-state index in [0.717, 1.165) is 46.2 Å². The maximum Gasteiger partial charge on any atom is 0.252 e. The zero-order chi connectivity index (χ0) is 34.5. The Morgan fingerprint density at radius 3 is 2.37 bits per heavy atom. The maximum atomic E-state index is 14.6. The van der Waals surface area contributed by atoms with Gasteiger partial charge in [-0.25, -0.2) is 0 Å². The van der Waals surface area contributed by atoms with Crippen LogP contribution in [0.4, 0.5) is 0 Å². The molecule has 3 aliphatic rings. The predicted molar refractivity (Wildman–Crippen MR) is 190 cm³/mol. The van der Waals surface area contributed by atoms with E-state index in [1.54, 1.807) is 0 Å². The molecule has 1 saturated carbocycles. The minimum Gasteiger partial charge on any atom is -0.490 e. The Bertz CT molecular complexity index is 1710. The highest BCUT2D eigenvalue weighted by atomic mass is 35.5. The monoisotopic (exact) mass is 684 g/mol. The molecule has 10 heteroatoms. The quantitative estimate of drug-likeness (QED) is 0.214. The highest BCUT2D eigenvalue weighted by molar-refractivity contribution is 6.32. The number of amides is 3. The number of carbonyl (C=O) groups excluding carboxylic acids is 3. The number of rotatable bonds is 14. The zero-order valence-corrected chi connectivity index (χ0v) is 29.0. The molecule has 2 fully saturated rings. The first kappa shape index (κ1) is 34.5. The molecule has 6 rings (SSSR count). The van der Waals surface area contributed by atoms with Crippen LogP contribution >= 0.6 is 11.6 Å². The van der Waals surface area contributed by atoms with Gasteiger partial charge in [-0.05, 0) is 91.6 Å². The molecule has 1 aliphatic carbocycles. The summed E-state index contributed by atoms with van der Waals surface area (Å²) in [6, 6.07) is 21.7. The number of benzene rings is 3. The molecule has 3 N–H and O–H groups in total. The average molecular weight is 685 g/mol. The summed E-state index contributed by atoms with van der Waals surface area (Å²) in [5.74, 6) is 0.945. The molecule has 0 aromatic heterocycles. The number of carbonyl (C=O) groups is 3. The van der Waals surface area contributed by atoms with Crippen LogP contribution in [0.15, 0.2) is 72.3 Å². The number of hydrogen-bond donors (Lipinski definition) is 2. The Hall–Kier alpha value is -4.34. The lowest BCUT2D eigenvalue weighted by Crippen LogP contribution is -2.62. The van der Waals surface area contributed by atoms with Crippen LogP contribution in [-0.2, 0) is 20.9 Å². The van der Waals surface area contributed by atoms with Crippen molar-refractivity contribution >= 4 is 34.9 Å². The van der Waals surface area contributed by atoms with Crippen molar-refractivity contribution in [2.24, 2.45) is 5.73 Å². The number of nitrogens with two attached hydrogens (primary N) is 1. The van der Waals surface area contributed by atoms with Crippen LogP contribution in [0, 0.1) is 13.8 Å². The van der Waals surface area contributed by atoms with Crippen LogP contribution in [0.5, 0.6) is 11.5 Å². The summed E-state index contributed by atoms with van der Waals surface area (Å²) >= 11 is 6.36. The number of aryl methyl sites for hydroxylation is 2. The Morgan fingerprint density at radius 2 is 1.65 bits per heavy atom. The molecule has 9 nitrogen and oxygen atoms in total. The third-order valence-electron chi connectivity index (χ3n) is 9.61. The lowest BCUT2D eigenvalue weighted by molar-refractivity contribution is -0.134. The van der Waals surface area contributed by atoms with E-state index in [2.05, 4.69) is 17.4 Å². The average Bonchev–Trinajstić information content (AvgIpc) is 3.93. The van der Waals surface area contributed by atoms with Crippen LogP contribution in [-0.4, -0.2) is 72.0 Å². The number of primary amides is 1. The number of ether oxygens (including phenoxy) is 2. The summed E-state index contributed by atoms with van der Waals surface area (Å²) in [5.41, 5.74) is 11.3. The Labute approximate surface area is 293 Å². The third-order valence-corrected chi connectivity index (χ3v) is 9.90. The predicted octanol–water partition coefficient (Wildman–Crippen LogP) is 5.59. The summed E-state index contributed by atoms with van der Waals surface area (Å²) in [5, 5.41) is 4.25.